The lowest BCUT2D eigenvalue weighted by atomic mass is 9.91. The highest BCUT2D eigenvalue weighted by molar-refractivity contribution is 6.30. The normalized spacial score (nSPS) is 15.9. The Balaban J connectivity index is 1.46. The zero-order valence-electron chi connectivity index (χ0n) is 26.6. The lowest BCUT2D eigenvalue weighted by Crippen LogP contribution is -2.48. The number of carboxylic acid groups (broad SMARTS) is 1. The largest absolute Gasteiger partial charge is 0.490 e. The summed E-state index contributed by atoms with van der Waals surface area (Å²) < 4.78 is 28.8. The summed E-state index contributed by atoms with van der Waals surface area (Å²) in [5.74, 6) is -1.83. The minimum Gasteiger partial charge on any atom is -0.490 e. The number of hydrogen-bond acceptors (Lipinski definition) is 7. The summed E-state index contributed by atoms with van der Waals surface area (Å²) in [5.41, 5.74) is 3.49. The highest BCUT2D eigenvalue weighted by Crippen LogP contribution is 2.41. The smallest absolute Gasteiger partial charge is 0.337 e. The van der Waals surface area contributed by atoms with Crippen molar-refractivity contribution >= 4 is 34.8 Å². The van der Waals surface area contributed by atoms with Gasteiger partial charge in [0.2, 0.25) is 0 Å². The number of rotatable bonds is 6. The highest BCUT2D eigenvalue weighted by atomic mass is 35.5. The molecule has 4 heterocycles. The lowest BCUT2D eigenvalue weighted by molar-refractivity contribution is -0.160. The Bertz CT molecular complexity index is 1840. The second-order valence-electron chi connectivity index (χ2n) is 12.8. The van der Waals surface area contributed by atoms with Gasteiger partial charge in [0.1, 0.15) is 0 Å². The van der Waals surface area contributed by atoms with Crippen LogP contribution in [0, 0.1) is 19.7 Å². The molecule has 4 aromatic rings. The van der Waals surface area contributed by atoms with Crippen LogP contribution in [0.2, 0.25) is 5.02 Å². The molecule has 242 valence electrons. The van der Waals surface area contributed by atoms with Crippen LogP contribution in [0.25, 0.3) is 16.9 Å². The molecule has 1 fully saturated rings. The van der Waals surface area contributed by atoms with Gasteiger partial charge in [0.15, 0.2) is 29.0 Å². The highest BCUT2D eigenvalue weighted by Gasteiger charge is 2.35. The van der Waals surface area contributed by atoms with Crippen LogP contribution in [0.15, 0.2) is 36.4 Å². The first kappa shape index (κ1) is 31.7. The summed E-state index contributed by atoms with van der Waals surface area (Å²) in [4.78, 5) is 35.2. The van der Waals surface area contributed by atoms with Crippen LogP contribution in [0.1, 0.15) is 66.2 Å². The number of anilines is 1. The second kappa shape index (κ2) is 12.2. The van der Waals surface area contributed by atoms with Gasteiger partial charge in [-0.3, -0.25) is 4.79 Å². The van der Waals surface area contributed by atoms with Crippen molar-refractivity contribution in [1.29, 1.82) is 0 Å². The van der Waals surface area contributed by atoms with Crippen molar-refractivity contribution in [2.45, 2.75) is 59.2 Å². The first-order valence-corrected chi connectivity index (χ1v) is 15.8. The van der Waals surface area contributed by atoms with Gasteiger partial charge in [-0.1, -0.05) is 17.7 Å². The average Bonchev–Trinajstić information content (AvgIpc) is 3.44. The summed E-state index contributed by atoms with van der Waals surface area (Å²) in [6.07, 6.45) is -0.103. The molecule has 2 aliphatic rings. The number of ether oxygens (including phenoxy) is 2. The molecule has 1 amide bonds. The molecule has 2 aliphatic heterocycles. The minimum atomic E-state index is -1.44. The first-order valence-electron chi connectivity index (χ1n) is 15.4. The molecule has 0 saturated carbocycles. The van der Waals surface area contributed by atoms with Crippen LogP contribution >= 0.6 is 11.6 Å². The molecule has 10 nitrogen and oxygen atoms in total. The predicted octanol–water partition coefficient (Wildman–Crippen LogP) is 6.03. The Morgan fingerprint density at radius 2 is 1.85 bits per heavy atom. The molecule has 2 aromatic heterocycles. The maximum absolute atomic E-state index is 15.6. The number of carbonyl (C=O) groups excluding carboxylic acids is 1. The number of piperazine rings is 1. The van der Waals surface area contributed by atoms with Gasteiger partial charge in [0, 0.05) is 65.3 Å². The van der Waals surface area contributed by atoms with Crippen molar-refractivity contribution in [3.8, 4) is 17.0 Å². The molecule has 0 bridgehead atoms. The number of aryl methyl sites for hydroxylation is 1. The molecule has 6 rings (SSSR count). The van der Waals surface area contributed by atoms with E-state index in [9.17, 15) is 14.7 Å². The number of hydrogen-bond donors (Lipinski definition) is 1. The Morgan fingerprint density at radius 1 is 1.11 bits per heavy atom. The standard InChI is InChI=1S/C34H37ClFN5O5/c1-19-23-10-7-15-45-30(23)25(36)17-24(19)29-28(31(33(43)44)46-34(3,4)5)20(2)37-27-18-26(38-41(27)29)32(42)40-13-11-39(12-14-40)22-9-6-8-21(35)16-22/h6,8-9,16-18,31H,7,10-15H2,1-5H3,(H,43,44)/t31-/m0/s1. The van der Waals surface area contributed by atoms with E-state index >= 15 is 4.39 Å². The second-order valence-corrected chi connectivity index (χ2v) is 13.2. The molecule has 0 unspecified atom stereocenters. The van der Waals surface area contributed by atoms with Gasteiger partial charge in [-0.2, -0.15) is 5.10 Å². The Morgan fingerprint density at radius 3 is 2.52 bits per heavy atom. The third kappa shape index (κ3) is 6.01. The van der Waals surface area contributed by atoms with Crippen LogP contribution in [0.3, 0.4) is 0 Å². The van der Waals surface area contributed by atoms with Crippen molar-refractivity contribution in [3.05, 3.63) is 75.3 Å². The third-order valence-electron chi connectivity index (χ3n) is 8.44. The van der Waals surface area contributed by atoms with Gasteiger partial charge in [-0.15, -0.1) is 0 Å². The van der Waals surface area contributed by atoms with E-state index in [1.807, 2.05) is 31.2 Å². The Labute approximate surface area is 271 Å². The van der Waals surface area contributed by atoms with Gasteiger partial charge >= 0.3 is 5.97 Å². The molecule has 1 atom stereocenters. The van der Waals surface area contributed by atoms with Gasteiger partial charge in [-0.05, 0) is 77.3 Å². The molecular weight excluding hydrogens is 613 g/mol. The van der Waals surface area contributed by atoms with Gasteiger partial charge in [-0.25, -0.2) is 18.7 Å². The number of benzene rings is 2. The lowest BCUT2D eigenvalue weighted by Gasteiger charge is -2.35. The molecule has 0 aliphatic carbocycles. The number of halogens is 2. The van der Waals surface area contributed by atoms with Crippen LogP contribution < -0.4 is 9.64 Å². The fourth-order valence-corrected chi connectivity index (χ4v) is 6.49. The minimum absolute atomic E-state index is 0.157. The SMILES string of the molecule is Cc1nc2cc(C(=O)N3CCN(c4cccc(Cl)c4)CC3)nn2c(-c2cc(F)c3c(c2C)CCCO3)c1[C@H](OC(C)(C)C)C(=O)O. The van der Waals surface area contributed by atoms with Gasteiger partial charge in [0.25, 0.3) is 5.91 Å². The van der Waals surface area contributed by atoms with Crippen LogP contribution in [-0.2, 0) is 16.0 Å². The summed E-state index contributed by atoms with van der Waals surface area (Å²) in [6, 6.07) is 10.6. The fraction of sp³-hybridized carbons (Fsp3) is 0.412. The summed E-state index contributed by atoms with van der Waals surface area (Å²) in [7, 11) is 0. The number of fused-ring (bicyclic) bond motifs is 2. The summed E-state index contributed by atoms with van der Waals surface area (Å²) >= 11 is 6.19. The number of carboxylic acids is 1. The van der Waals surface area contributed by atoms with Crippen molar-refractivity contribution in [2.75, 3.05) is 37.7 Å². The number of nitrogens with zero attached hydrogens (tertiary/aromatic N) is 5. The fourth-order valence-electron chi connectivity index (χ4n) is 6.30. The predicted molar refractivity (Wildman–Crippen MR) is 172 cm³/mol. The molecule has 46 heavy (non-hydrogen) atoms. The van der Waals surface area contributed by atoms with Crippen molar-refractivity contribution in [2.24, 2.45) is 0 Å². The Kier molecular flexibility index (Phi) is 8.41. The van der Waals surface area contributed by atoms with E-state index in [4.69, 9.17) is 31.2 Å². The molecule has 0 spiro atoms. The molecule has 0 radical (unpaired) electrons. The maximum atomic E-state index is 15.6. The molecule has 2 aromatic carbocycles. The Hall–Kier alpha value is -4.22. The monoisotopic (exact) mass is 649 g/mol. The zero-order chi connectivity index (χ0) is 32.9. The van der Waals surface area contributed by atoms with Crippen LogP contribution in [-0.4, -0.2) is 74.9 Å². The van der Waals surface area contributed by atoms with Crippen LogP contribution in [0.4, 0.5) is 10.1 Å². The number of aromatic nitrogens is 3. The molecular formula is C34H37ClFN5O5. The molecule has 1 saturated heterocycles. The van der Waals surface area contributed by atoms with Crippen molar-refractivity contribution < 1.29 is 28.6 Å². The van der Waals surface area contributed by atoms with E-state index in [0.717, 1.165) is 23.2 Å². The van der Waals surface area contributed by atoms with E-state index in [1.165, 1.54) is 10.6 Å². The van der Waals surface area contributed by atoms with E-state index in [0.29, 0.717) is 66.8 Å². The zero-order valence-corrected chi connectivity index (χ0v) is 27.3. The van der Waals surface area contributed by atoms with Crippen molar-refractivity contribution in [1.82, 2.24) is 19.5 Å². The molecule has 12 heteroatoms. The molecule has 1 N–H and O–H groups in total. The maximum Gasteiger partial charge on any atom is 0.337 e. The number of aliphatic carboxylic acids is 1. The van der Waals surface area contributed by atoms with Gasteiger partial charge in [0.05, 0.1) is 17.9 Å². The number of amides is 1. The third-order valence-corrected chi connectivity index (χ3v) is 8.67. The summed E-state index contributed by atoms with van der Waals surface area (Å²) in [5, 5.41) is 15.8. The van der Waals surface area contributed by atoms with Crippen molar-refractivity contribution in [3.63, 3.8) is 0 Å². The van der Waals surface area contributed by atoms with E-state index < -0.39 is 23.5 Å². The van der Waals surface area contributed by atoms with E-state index in [2.05, 4.69) is 4.90 Å². The summed E-state index contributed by atoms with van der Waals surface area (Å²) in [6.45, 7) is 11.5. The quantitative estimate of drug-likeness (QED) is 0.270. The van der Waals surface area contributed by atoms with E-state index in [1.54, 1.807) is 38.7 Å². The van der Waals surface area contributed by atoms with Gasteiger partial charge < -0.3 is 24.4 Å². The first-order chi connectivity index (χ1) is 21.8. The topological polar surface area (TPSA) is 110 Å². The number of carbonyl (C=O) groups is 2. The average molecular weight is 650 g/mol. The van der Waals surface area contributed by atoms with E-state index in [-0.39, 0.29) is 22.9 Å². The van der Waals surface area contributed by atoms with Crippen LogP contribution in [0.5, 0.6) is 5.75 Å².